The normalized spacial score (nSPS) is 15.1. The second-order valence-electron chi connectivity index (χ2n) is 9.45. The van der Waals surface area contributed by atoms with Gasteiger partial charge in [-0.15, -0.1) is 0 Å². The summed E-state index contributed by atoms with van der Waals surface area (Å²) in [6, 6.07) is 15.8. The van der Waals surface area contributed by atoms with Crippen LogP contribution in [-0.2, 0) is 9.53 Å². The van der Waals surface area contributed by atoms with E-state index in [1.54, 1.807) is 13.8 Å². The highest BCUT2D eigenvalue weighted by Crippen LogP contribution is 2.32. The van der Waals surface area contributed by atoms with E-state index in [9.17, 15) is 9.59 Å². The van der Waals surface area contributed by atoms with Crippen LogP contribution >= 0.6 is 0 Å². The standard InChI is InChI=1S/C27H32N2O4/c1-18(2)32-26(31)27(3,4)33-21-9-7-8-20(16-21)19-12-14-29(15-13-19)25(30)23-17-28-24-11-6-5-10-22(23)24/h5-11,16-19,28H,12-15H2,1-4H3. The van der Waals surface area contributed by atoms with Crippen molar-refractivity contribution in [3.63, 3.8) is 0 Å². The Morgan fingerprint density at radius 3 is 2.52 bits per heavy atom. The SMILES string of the molecule is CC(C)OC(=O)C(C)(C)Oc1cccc(C2CCN(C(=O)c3c[nH]c4ccccc34)CC2)c1. The first-order chi connectivity index (χ1) is 15.7. The van der Waals surface area contributed by atoms with E-state index in [1.165, 1.54) is 5.56 Å². The number of carbonyl (C=O) groups excluding carboxylic acids is 2. The Hall–Kier alpha value is -3.28. The van der Waals surface area contributed by atoms with E-state index >= 15 is 0 Å². The number of nitrogens with one attached hydrogen (secondary N) is 1. The number of aromatic amines is 1. The van der Waals surface area contributed by atoms with Crippen molar-refractivity contribution in [3.05, 3.63) is 65.9 Å². The Morgan fingerprint density at radius 2 is 1.79 bits per heavy atom. The van der Waals surface area contributed by atoms with Crippen molar-refractivity contribution in [1.82, 2.24) is 9.88 Å². The summed E-state index contributed by atoms with van der Waals surface area (Å²) in [5.74, 6) is 0.683. The molecule has 0 aliphatic carbocycles. The van der Waals surface area contributed by atoms with Crippen molar-refractivity contribution >= 4 is 22.8 Å². The predicted octanol–water partition coefficient (Wildman–Crippen LogP) is 5.30. The molecule has 1 amide bonds. The maximum atomic E-state index is 13.1. The Balaban J connectivity index is 1.40. The van der Waals surface area contributed by atoms with Crippen LogP contribution in [0.2, 0.25) is 0 Å². The minimum atomic E-state index is -1.07. The molecule has 0 spiro atoms. The lowest BCUT2D eigenvalue weighted by atomic mass is 9.89. The first-order valence-electron chi connectivity index (χ1n) is 11.6. The van der Waals surface area contributed by atoms with Gasteiger partial charge in [-0.1, -0.05) is 30.3 Å². The highest BCUT2D eigenvalue weighted by atomic mass is 16.6. The number of hydrogen-bond acceptors (Lipinski definition) is 4. The second-order valence-corrected chi connectivity index (χ2v) is 9.45. The van der Waals surface area contributed by atoms with Crippen molar-refractivity contribution in [3.8, 4) is 5.75 Å². The zero-order chi connectivity index (χ0) is 23.6. The fourth-order valence-electron chi connectivity index (χ4n) is 4.36. The molecule has 2 aromatic carbocycles. The number of likely N-dealkylation sites (tertiary alicyclic amines) is 1. The molecule has 0 bridgehead atoms. The van der Waals surface area contributed by atoms with Gasteiger partial charge in [-0.2, -0.15) is 0 Å². The number of aromatic nitrogens is 1. The Bertz CT molecular complexity index is 1140. The van der Waals surface area contributed by atoms with Gasteiger partial charge in [0.2, 0.25) is 0 Å². The van der Waals surface area contributed by atoms with Crippen LogP contribution in [0.1, 0.15) is 62.4 Å². The number of amides is 1. The molecule has 1 aromatic heterocycles. The topological polar surface area (TPSA) is 71.6 Å². The molecule has 0 atom stereocenters. The molecule has 0 unspecified atom stereocenters. The van der Waals surface area contributed by atoms with Crippen LogP contribution in [0, 0.1) is 0 Å². The monoisotopic (exact) mass is 448 g/mol. The maximum absolute atomic E-state index is 13.1. The molecule has 0 saturated carbocycles. The minimum absolute atomic E-state index is 0.0772. The lowest BCUT2D eigenvalue weighted by Gasteiger charge is -2.32. The summed E-state index contributed by atoms with van der Waals surface area (Å²) in [4.78, 5) is 30.6. The van der Waals surface area contributed by atoms with E-state index in [4.69, 9.17) is 9.47 Å². The number of fused-ring (bicyclic) bond motifs is 1. The number of H-pyrrole nitrogens is 1. The predicted molar refractivity (Wildman–Crippen MR) is 129 cm³/mol. The van der Waals surface area contributed by atoms with Gasteiger partial charge in [0.25, 0.3) is 5.91 Å². The van der Waals surface area contributed by atoms with E-state index in [0.29, 0.717) is 24.8 Å². The molecule has 2 heterocycles. The van der Waals surface area contributed by atoms with E-state index < -0.39 is 5.60 Å². The van der Waals surface area contributed by atoms with Crippen molar-refractivity contribution < 1.29 is 19.1 Å². The minimum Gasteiger partial charge on any atom is -0.476 e. The van der Waals surface area contributed by atoms with Crippen LogP contribution in [0.15, 0.2) is 54.7 Å². The molecule has 6 nitrogen and oxygen atoms in total. The smallest absolute Gasteiger partial charge is 0.350 e. The Kier molecular flexibility index (Phi) is 6.45. The molecule has 1 saturated heterocycles. The number of ether oxygens (including phenoxy) is 2. The summed E-state index contributed by atoms with van der Waals surface area (Å²) in [5.41, 5.74) is 1.81. The number of benzene rings is 2. The largest absolute Gasteiger partial charge is 0.476 e. The van der Waals surface area contributed by atoms with Gasteiger partial charge >= 0.3 is 5.97 Å². The van der Waals surface area contributed by atoms with Crippen LogP contribution in [0.3, 0.4) is 0 Å². The number of para-hydroxylation sites is 1. The van der Waals surface area contributed by atoms with E-state index in [1.807, 2.05) is 67.4 Å². The van der Waals surface area contributed by atoms with Gasteiger partial charge in [0.15, 0.2) is 5.60 Å². The summed E-state index contributed by atoms with van der Waals surface area (Å²) in [6.45, 7) is 8.51. The van der Waals surface area contributed by atoms with E-state index in [0.717, 1.165) is 29.3 Å². The molecule has 1 aliphatic rings. The molecule has 6 heteroatoms. The van der Waals surface area contributed by atoms with E-state index in [-0.39, 0.29) is 18.0 Å². The van der Waals surface area contributed by atoms with Crippen molar-refractivity contribution in [2.75, 3.05) is 13.1 Å². The molecule has 33 heavy (non-hydrogen) atoms. The van der Waals surface area contributed by atoms with Gasteiger partial charge in [-0.05, 0) is 70.2 Å². The number of nitrogens with zero attached hydrogens (tertiary/aromatic N) is 1. The quantitative estimate of drug-likeness (QED) is 0.520. The van der Waals surface area contributed by atoms with Crippen LogP contribution in [-0.4, -0.2) is 46.6 Å². The molecule has 0 radical (unpaired) electrons. The van der Waals surface area contributed by atoms with Gasteiger partial charge in [-0.3, -0.25) is 4.79 Å². The van der Waals surface area contributed by atoms with Crippen LogP contribution in [0.5, 0.6) is 5.75 Å². The Labute approximate surface area is 194 Å². The summed E-state index contributed by atoms with van der Waals surface area (Å²) < 4.78 is 11.3. The van der Waals surface area contributed by atoms with Crippen LogP contribution < -0.4 is 4.74 Å². The molecule has 1 N–H and O–H groups in total. The summed E-state index contributed by atoms with van der Waals surface area (Å²) >= 11 is 0. The highest BCUT2D eigenvalue weighted by Gasteiger charge is 2.33. The van der Waals surface area contributed by atoms with Crippen LogP contribution in [0.4, 0.5) is 0 Å². The van der Waals surface area contributed by atoms with Gasteiger partial charge in [0, 0.05) is 30.2 Å². The lowest BCUT2D eigenvalue weighted by molar-refractivity contribution is -0.163. The van der Waals surface area contributed by atoms with Gasteiger partial charge in [0.05, 0.1) is 11.7 Å². The fourth-order valence-corrected chi connectivity index (χ4v) is 4.36. The summed E-state index contributed by atoms with van der Waals surface area (Å²) in [5, 5.41) is 0.966. The van der Waals surface area contributed by atoms with Crippen molar-refractivity contribution in [1.29, 1.82) is 0 Å². The average Bonchev–Trinajstić information content (AvgIpc) is 3.22. The zero-order valence-corrected chi connectivity index (χ0v) is 19.8. The summed E-state index contributed by atoms with van der Waals surface area (Å²) in [7, 11) is 0. The van der Waals surface area contributed by atoms with Crippen molar-refractivity contribution in [2.45, 2.75) is 58.2 Å². The Morgan fingerprint density at radius 1 is 1.06 bits per heavy atom. The first kappa shape index (κ1) is 22.9. The molecular formula is C27H32N2O4. The maximum Gasteiger partial charge on any atom is 0.350 e. The number of piperidine rings is 1. The van der Waals surface area contributed by atoms with Crippen molar-refractivity contribution in [2.24, 2.45) is 0 Å². The molecule has 1 fully saturated rings. The van der Waals surface area contributed by atoms with Gasteiger partial charge in [0.1, 0.15) is 5.75 Å². The number of carbonyl (C=O) groups is 2. The number of rotatable bonds is 6. The zero-order valence-electron chi connectivity index (χ0n) is 19.8. The first-order valence-corrected chi connectivity index (χ1v) is 11.6. The molecule has 174 valence electrons. The third kappa shape index (κ3) is 5.05. The number of esters is 1. The second kappa shape index (κ2) is 9.30. The van der Waals surface area contributed by atoms with Gasteiger partial charge in [-0.25, -0.2) is 4.79 Å². The average molecular weight is 449 g/mol. The molecule has 4 rings (SSSR count). The van der Waals surface area contributed by atoms with Gasteiger partial charge < -0.3 is 19.4 Å². The molecular weight excluding hydrogens is 416 g/mol. The van der Waals surface area contributed by atoms with E-state index in [2.05, 4.69) is 11.1 Å². The molecule has 3 aromatic rings. The molecule has 1 aliphatic heterocycles. The lowest BCUT2D eigenvalue weighted by Crippen LogP contribution is -2.41. The highest BCUT2D eigenvalue weighted by molar-refractivity contribution is 6.06. The number of hydrogen-bond donors (Lipinski definition) is 1. The van der Waals surface area contributed by atoms with Crippen LogP contribution in [0.25, 0.3) is 10.9 Å². The third-order valence-corrected chi connectivity index (χ3v) is 6.14. The fraction of sp³-hybridized carbons (Fsp3) is 0.407. The third-order valence-electron chi connectivity index (χ3n) is 6.14. The summed E-state index contributed by atoms with van der Waals surface area (Å²) in [6.07, 6.45) is 3.39.